The van der Waals surface area contributed by atoms with Crippen molar-refractivity contribution in [2.75, 3.05) is 44.2 Å². The van der Waals surface area contributed by atoms with E-state index < -0.39 is 0 Å². The average Bonchev–Trinajstić information content (AvgIpc) is 2.63. The van der Waals surface area contributed by atoms with Crippen LogP contribution in [0.3, 0.4) is 0 Å². The van der Waals surface area contributed by atoms with Gasteiger partial charge in [-0.25, -0.2) is 9.37 Å². The standard InChI is InChI=1S/C17H20FN5O.ClH/c18-15-4-2-1-3-14(15)16-17(21-6-5-20-16)23-11-9-22(10-12-23)8-7-19-13-24;/h1-6,13H,7-12H2,(H,19,24);1H. The molecule has 25 heavy (non-hydrogen) atoms. The van der Waals surface area contributed by atoms with E-state index in [1.165, 1.54) is 6.07 Å². The lowest BCUT2D eigenvalue weighted by Crippen LogP contribution is -2.48. The lowest BCUT2D eigenvalue weighted by atomic mass is 10.1. The summed E-state index contributed by atoms with van der Waals surface area (Å²) >= 11 is 0. The number of hydrogen-bond donors (Lipinski definition) is 1. The van der Waals surface area contributed by atoms with Gasteiger partial charge >= 0.3 is 0 Å². The SMILES string of the molecule is Cl.O=CNCCN1CCN(c2nccnc2-c2ccccc2F)CC1. The molecule has 0 unspecified atom stereocenters. The fourth-order valence-corrected chi connectivity index (χ4v) is 2.87. The number of amides is 1. The molecule has 1 aromatic heterocycles. The summed E-state index contributed by atoms with van der Waals surface area (Å²) in [4.78, 5) is 23.5. The minimum atomic E-state index is -0.294. The molecule has 2 heterocycles. The van der Waals surface area contributed by atoms with Gasteiger partial charge in [-0.15, -0.1) is 12.4 Å². The van der Waals surface area contributed by atoms with E-state index in [2.05, 4.69) is 25.1 Å². The Morgan fingerprint density at radius 3 is 2.56 bits per heavy atom. The molecule has 0 spiro atoms. The van der Waals surface area contributed by atoms with Crippen LogP contribution in [0.5, 0.6) is 0 Å². The maximum absolute atomic E-state index is 14.1. The van der Waals surface area contributed by atoms with Crippen molar-refractivity contribution in [3.05, 3.63) is 42.5 Å². The first-order chi connectivity index (χ1) is 11.8. The van der Waals surface area contributed by atoms with Crippen LogP contribution in [0, 0.1) is 5.82 Å². The summed E-state index contributed by atoms with van der Waals surface area (Å²) in [7, 11) is 0. The average molecular weight is 366 g/mol. The molecule has 2 aromatic rings. The number of carbonyl (C=O) groups is 1. The molecule has 134 valence electrons. The molecule has 3 rings (SSSR count). The maximum atomic E-state index is 14.1. The Labute approximate surface area is 152 Å². The highest BCUT2D eigenvalue weighted by atomic mass is 35.5. The molecule has 1 saturated heterocycles. The number of benzene rings is 1. The summed E-state index contributed by atoms with van der Waals surface area (Å²) in [6, 6.07) is 6.63. The molecule has 6 nitrogen and oxygen atoms in total. The molecule has 1 aliphatic heterocycles. The Balaban J connectivity index is 0.00000225. The van der Waals surface area contributed by atoms with Gasteiger partial charge in [-0.1, -0.05) is 12.1 Å². The number of nitrogens with one attached hydrogen (secondary N) is 1. The van der Waals surface area contributed by atoms with Crippen molar-refractivity contribution in [1.82, 2.24) is 20.2 Å². The molecule has 0 saturated carbocycles. The molecule has 0 aliphatic carbocycles. The maximum Gasteiger partial charge on any atom is 0.207 e. The zero-order valence-corrected chi connectivity index (χ0v) is 14.6. The third-order valence-corrected chi connectivity index (χ3v) is 4.14. The van der Waals surface area contributed by atoms with Crippen LogP contribution in [-0.2, 0) is 4.79 Å². The van der Waals surface area contributed by atoms with E-state index in [4.69, 9.17) is 0 Å². The Morgan fingerprint density at radius 1 is 1.12 bits per heavy atom. The molecule has 0 atom stereocenters. The molecule has 1 fully saturated rings. The predicted molar refractivity (Wildman–Crippen MR) is 97.4 cm³/mol. The van der Waals surface area contributed by atoms with Crippen LogP contribution in [0.1, 0.15) is 0 Å². The Morgan fingerprint density at radius 2 is 1.84 bits per heavy atom. The molecule has 1 amide bonds. The topological polar surface area (TPSA) is 61.4 Å². The third kappa shape index (κ3) is 4.64. The van der Waals surface area contributed by atoms with Crippen LogP contribution < -0.4 is 10.2 Å². The van der Waals surface area contributed by atoms with Gasteiger partial charge in [-0.3, -0.25) is 14.7 Å². The van der Waals surface area contributed by atoms with Gasteiger partial charge in [0.15, 0.2) is 5.82 Å². The minimum Gasteiger partial charge on any atom is -0.357 e. The van der Waals surface area contributed by atoms with Crippen LogP contribution in [0.2, 0.25) is 0 Å². The van der Waals surface area contributed by atoms with Gasteiger partial charge in [0, 0.05) is 57.2 Å². The summed E-state index contributed by atoms with van der Waals surface area (Å²) in [6.07, 6.45) is 3.95. The van der Waals surface area contributed by atoms with E-state index in [1.807, 2.05) is 0 Å². The second-order valence-corrected chi connectivity index (χ2v) is 5.61. The third-order valence-electron chi connectivity index (χ3n) is 4.14. The first-order valence-electron chi connectivity index (χ1n) is 8.00. The zero-order valence-electron chi connectivity index (χ0n) is 13.8. The van der Waals surface area contributed by atoms with E-state index in [1.54, 1.807) is 30.6 Å². The lowest BCUT2D eigenvalue weighted by molar-refractivity contribution is -0.109. The van der Waals surface area contributed by atoms with Gasteiger partial charge in [0.05, 0.1) is 0 Å². The van der Waals surface area contributed by atoms with Crippen LogP contribution >= 0.6 is 12.4 Å². The first-order valence-corrected chi connectivity index (χ1v) is 8.00. The Kier molecular flexibility index (Phi) is 7.09. The largest absolute Gasteiger partial charge is 0.357 e. The van der Waals surface area contributed by atoms with Gasteiger partial charge < -0.3 is 10.2 Å². The van der Waals surface area contributed by atoms with Crippen molar-refractivity contribution >= 4 is 24.6 Å². The van der Waals surface area contributed by atoms with Crippen molar-refractivity contribution in [2.24, 2.45) is 0 Å². The number of halogens is 2. The summed E-state index contributed by atoms with van der Waals surface area (Å²) < 4.78 is 14.1. The van der Waals surface area contributed by atoms with Crippen LogP contribution in [0.25, 0.3) is 11.3 Å². The second-order valence-electron chi connectivity index (χ2n) is 5.61. The normalized spacial score (nSPS) is 14.7. The van der Waals surface area contributed by atoms with E-state index in [9.17, 15) is 9.18 Å². The number of aromatic nitrogens is 2. The lowest BCUT2D eigenvalue weighted by Gasteiger charge is -2.35. The van der Waals surface area contributed by atoms with Crippen molar-refractivity contribution < 1.29 is 9.18 Å². The highest BCUT2D eigenvalue weighted by Crippen LogP contribution is 2.29. The van der Waals surface area contributed by atoms with Crippen molar-refractivity contribution in [1.29, 1.82) is 0 Å². The van der Waals surface area contributed by atoms with Crippen LogP contribution in [0.4, 0.5) is 10.2 Å². The van der Waals surface area contributed by atoms with Gasteiger partial charge in [0.2, 0.25) is 6.41 Å². The molecule has 0 radical (unpaired) electrons. The second kappa shape index (κ2) is 9.29. The van der Waals surface area contributed by atoms with E-state index in [0.29, 0.717) is 23.6 Å². The predicted octanol–water partition coefficient (Wildman–Crippen LogP) is 1.57. The summed E-state index contributed by atoms with van der Waals surface area (Å²) in [5.41, 5.74) is 1.05. The molecule has 1 N–H and O–H groups in total. The quantitative estimate of drug-likeness (QED) is 0.622. The number of piperazine rings is 1. The number of carbonyl (C=O) groups excluding carboxylic acids is 1. The van der Waals surface area contributed by atoms with E-state index in [0.717, 1.165) is 39.1 Å². The Bertz CT molecular complexity index is 694. The molecule has 1 aliphatic rings. The number of rotatable bonds is 6. The highest BCUT2D eigenvalue weighted by molar-refractivity contribution is 5.85. The highest BCUT2D eigenvalue weighted by Gasteiger charge is 2.22. The molecule has 1 aromatic carbocycles. The van der Waals surface area contributed by atoms with Crippen molar-refractivity contribution in [3.63, 3.8) is 0 Å². The summed E-state index contributed by atoms with van der Waals surface area (Å²) in [5.74, 6) is 0.422. The number of anilines is 1. The summed E-state index contributed by atoms with van der Waals surface area (Å²) in [6.45, 7) is 4.80. The van der Waals surface area contributed by atoms with Gasteiger partial charge in [-0.2, -0.15) is 0 Å². The smallest absolute Gasteiger partial charge is 0.207 e. The molecule has 8 heteroatoms. The van der Waals surface area contributed by atoms with Gasteiger partial charge in [-0.05, 0) is 12.1 Å². The monoisotopic (exact) mass is 365 g/mol. The van der Waals surface area contributed by atoms with Gasteiger partial charge in [0.25, 0.3) is 0 Å². The van der Waals surface area contributed by atoms with Crippen LogP contribution in [0.15, 0.2) is 36.7 Å². The Hall–Kier alpha value is -2.25. The fraction of sp³-hybridized carbons (Fsp3) is 0.353. The first kappa shape index (κ1) is 19.1. The minimum absolute atomic E-state index is 0. The van der Waals surface area contributed by atoms with Gasteiger partial charge in [0.1, 0.15) is 11.5 Å². The summed E-state index contributed by atoms with van der Waals surface area (Å²) in [5, 5.41) is 2.68. The van der Waals surface area contributed by atoms with E-state index in [-0.39, 0.29) is 18.2 Å². The van der Waals surface area contributed by atoms with Crippen molar-refractivity contribution in [3.8, 4) is 11.3 Å². The van der Waals surface area contributed by atoms with E-state index >= 15 is 0 Å². The number of hydrogen-bond acceptors (Lipinski definition) is 5. The zero-order chi connectivity index (χ0) is 16.8. The fourth-order valence-electron chi connectivity index (χ4n) is 2.87. The number of nitrogens with zero attached hydrogens (tertiary/aromatic N) is 4. The van der Waals surface area contributed by atoms with Crippen LogP contribution in [-0.4, -0.2) is 60.5 Å². The molecular weight excluding hydrogens is 345 g/mol. The molecule has 0 bridgehead atoms. The van der Waals surface area contributed by atoms with Crippen molar-refractivity contribution in [2.45, 2.75) is 0 Å². The molecular formula is C17H21ClFN5O.